The third kappa shape index (κ3) is 4.99. The number of rotatable bonds is 8. The molecule has 34 heavy (non-hydrogen) atoms. The van der Waals surface area contributed by atoms with Crippen LogP contribution in [0, 0.1) is 0 Å². The van der Waals surface area contributed by atoms with Crippen LogP contribution in [0.3, 0.4) is 0 Å². The highest BCUT2D eigenvalue weighted by atomic mass is 32.2. The second-order valence-corrected chi connectivity index (χ2v) is 8.84. The number of sulfonamides is 1. The summed E-state index contributed by atoms with van der Waals surface area (Å²) in [5.74, 6) is -0.386. The van der Waals surface area contributed by atoms with E-state index < -0.39 is 22.5 Å². The van der Waals surface area contributed by atoms with Crippen LogP contribution in [-0.2, 0) is 16.6 Å². The van der Waals surface area contributed by atoms with Gasteiger partial charge < -0.3 is 9.47 Å². The van der Waals surface area contributed by atoms with E-state index >= 15 is 0 Å². The Kier molecular flexibility index (Phi) is 6.46. The molecule has 0 saturated heterocycles. The molecule has 3 aromatic carbocycles. The molecule has 0 aliphatic carbocycles. The Hall–Kier alpha value is -3.99. The average Bonchev–Trinajstić information content (AvgIpc) is 3.18. The van der Waals surface area contributed by atoms with Crippen molar-refractivity contribution in [3.8, 4) is 11.5 Å². The van der Waals surface area contributed by atoms with E-state index in [4.69, 9.17) is 4.74 Å². The molecule has 0 radical (unpaired) electrons. The maximum atomic E-state index is 12.9. The van der Waals surface area contributed by atoms with Crippen LogP contribution in [-0.4, -0.2) is 37.8 Å². The fraction of sp³-hybridized carbons (Fsp3) is 0.130. The Morgan fingerprint density at radius 2 is 1.65 bits per heavy atom. The summed E-state index contributed by atoms with van der Waals surface area (Å²) < 4.78 is 63.0. The quantitative estimate of drug-likeness (QED) is 0.406. The van der Waals surface area contributed by atoms with Crippen LogP contribution in [0.5, 0.6) is 11.5 Å². The monoisotopic (exact) mass is 487 g/mol. The van der Waals surface area contributed by atoms with Gasteiger partial charge in [-0.1, -0.05) is 30.3 Å². The zero-order valence-corrected chi connectivity index (χ0v) is 18.6. The van der Waals surface area contributed by atoms with E-state index in [0.717, 1.165) is 0 Å². The Balaban J connectivity index is 1.60. The lowest BCUT2D eigenvalue weighted by Crippen LogP contribution is -2.31. The predicted molar refractivity (Wildman–Crippen MR) is 120 cm³/mol. The third-order valence-corrected chi connectivity index (χ3v) is 6.30. The molecule has 0 unspecified atom stereocenters. The van der Waals surface area contributed by atoms with Crippen molar-refractivity contribution in [1.29, 1.82) is 0 Å². The second kappa shape index (κ2) is 9.48. The van der Waals surface area contributed by atoms with Gasteiger partial charge in [-0.25, -0.2) is 13.1 Å². The molecule has 1 amide bonds. The number of nitrogens with zero attached hydrogens (tertiary/aromatic N) is 2. The number of nitrogens with one attached hydrogen (secondary N) is 1. The number of carbonyl (C=O) groups excluding carboxylic acids is 1. The van der Waals surface area contributed by atoms with Crippen LogP contribution in [0.2, 0.25) is 0 Å². The number of hydrogen-bond donors (Lipinski definition) is 1. The maximum Gasteiger partial charge on any atom is 0.387 e. The number of hydrogen-bond acceptors (Lipinski definition) is 6. The van der Waals surface area contributed by atoms with Crippen LogP contribution < -0.4 is 14.2 Å². The molecule has 0 saturated carbocycles. The van der Waals surface area contributed by atoms with Gasteiger partial charge in [-0.3, -0.25) is 9.48 Å². The van der Waals surface area contributed by atoms with Crippen molar-refractivity contribution in [2.24, 2.45) is 0 Å². The van der Waals surface area contributed by atoms with Crippen molar-refractivity contribution in [2.45, 2.75) is 18.1 Å². The number of halogens is 2. The summed E-state index contributed by atoms with van der Waals surface area (Å²) in [7, 11) is -2.69. The summed E-state index contributed by atoms with van der Waals surface area (Å²) in [5.41, 5.74) is 1.25. The van der Waals surface area contributed by atoms with Gasteiger partial charge in [0.2, 0.25) is 0 Å². The number of amides is 1. The van der Waals surface area contributed by atoms with Crippen molar-refractivity contribution in [3.63, 3.8) is 0 Å². The lowest BCUT2D eigenvalue weighted by molar-refractivity contribution is -0.0498. The van der Waals surface area contributed by atoms with Crippen molar-refractivity contribution >= 4 is 26.8 Å². The van der Waals surface area contributed by atoms with Crippen molar-refractivity contribution in [3.05, 3.63) is 84.1 Å². The summed E-state index contributed by atoms with van der Waals surface area (Å²) >= 11 is 0. The summed E-state index contributed by atoms with van der Waals surface area (Å²) in [4.78, 5) is 12.8. The molecule has 0 spiro atoms. The van der Waals surface area contributed by atoms with E-state index in [2.05, 4.69) is 14.6 Å². The number of ether oxygens (including phenoxy) is 2. The zero-order valence-electron chi connectivity index (χ0n) is 17.8. The Morgan fingerprint density at radius 3 is 2.29 bits per heavy atom. The van der Waals surface area contributed by atoms with Crippen LogP contribution in [0.25, 0.3) is 10.9 Å². The fourth-order valence-corrected chi connectivity index (χ4v) is 4.30. The van der Waals surface area contributed by atoms with Gasteiger partial charge in [-0.05, 0) is 48.0 Å². The molecular weight excluding hydrogens is 468 g/mol. The van der Waals surface area contributed by atoms with E-state index in [-0.39, 0.29) is 22.9 Å². The molecule has 1 heterocycles. The van der Waals surface area contributed by atoms with Gasteiger partial charge in [0, 0.05) is 5.39 Å². The Labute approximate surface area is 193 Å². The molecule has 1 N–H and O–H groups in total. The summed E-state index contributed by atoms with van der Waals surface area (Å²) in [6.45, 7) is -2.70. The normalized spacial score (nSPS) is 11.5. The van der Waals surface area contributed by atoms with Crippen molar-refractivity contribution in [1.82, 2.24) is 14.5 Å². The molecule has 11 heteroatoms. The Morgan fingerprint density at radius 1 is 1.00 bits per heavy atom. The molecule has 0 atom stereocenters. The lowest BCUT2D eigenvalue weighted by atomic mass is 10.2. The molecule has 8 nitrogen and oxygen atoms in total. The molecular formula is C23H19F2N3O5S. The highest BCUT2D eigenvalue weighted by Crippen LogP contribution is 2.22. The minimum absolute atomic E-state index is 0.0212. The predicted octanol–water partition coefficient (Wildman–Crippen LogP) is 3.81. The summed E-state index contributed by atoms with van der Waals surface area (Å²) in [6, 6.07) is 18.5. The van der Waals surface area contributed by atoms with E-state index in [0.29, 0.717) is 22.2 Å². The SMILES string of the molecule is COc1ccc(S(=O)(=O)NC(=O)c2nn(Cc3ccc(OC(F)F)cc3)c3ccccc23)cc1. The van der Waals surface area contributed by atoms with Gasteiger partial charge in [0.25, 0.3) is 15.9 Å². The highest BCUT2D eigenvalue weighted by molar-refractivity contribution is 7.90. The van der Waals surface area contributed by atoms with Gasteiger partial charge in [-0.15, -0.1) is 0 Å². The first-order valence-corrected chi connectivity index (χ1v) is 11.5. The molecule has 1 aromatic heterocycles. The van der Waals surface area contributed by atoms with Crippen LogP contribution in [0.4, 0.5) is 8.78 Å². The number of benzene rings is 3. The standard InChI is InChI=1S/C23H19F2N3O5S/c1-32-16-10-12-18(13-11-16)34(30,31)27-22(29)21-19-4-2-3-5-20(19)28(26-21)14-15-6-8-17(9-7-15)33-23(24)25/h2-13,23H,14H2,1H3,(H,27,29). The van der Waals surface area contributed by atoms with Gasteiger partial charge in [0.05, 0.1) is 24.1 Å². The summed E-state index contributed by atoms with van der Waals surface area (Å²) in [5, 5.41) is 4.79. The zero-order chi connectivity index (χ0) is 24.3. The number of para-hydroxylation sites is 1. The third-order valence-electron chi connectivity index (χ3n) is 4.95. The number of alkyl halides is 2. The largest absolute Gasteiger partial charge is 0.497 e. The van der Waals surface area contributed by atoms with E-state index in [9.17, 15) is 22.0 Å². The van der Waals surface area contributed by atoms with Gasteiger partial charge >= 0.3 is 6.61 Å². The highest BCUT2D eigenvalue weighted by Gasteiger charge is 2.23. The van der Waals surface area contributed by atoms with Crippen LogP contribution in [0.15, 0.2) is 77.7 Å². The van der Waals surface area contributed by atoms with Crippen LogP contribution in [0.1, 0.15) is 16.1 Å². The van der Waals surface area contributed by atoms with Crippen LogP contribution >= 0.6 is 0 Å². The van der Waals surface area contributed by atoms with Crippen molar-refractivity contribution < 1.29 is 31.5 Å². The average molecular weight is 487 g/mol. The van der Waals surface area contributed by atoms with E-state index in [1.54, 1.807) is 36.4 Å². The number of methoxy groups -OCH3 is 1. The van der Waals surface area contributed by atoms with E-state index in [1.807, 2.05) is 0 Å². The maximum absolute atomic E-state index is 12.9. The molecule has 176 valence electrons. The van der Waals surface area contributed by atoms with Gasteiger partial charge in [-0.2, -0.15) is 13.9 Å². The van der Waals surface area contributed by atoms with Gasteiger partial charge in [0.1, 0.15) is 11.5 Å². The minimum atomic E-state index is -4.15. The minimum Gasteiger partial charge on any atom is -0.497 e. The molecule has 0 aliphatic rings. The van der Waals surface area contributed by atoms with E-state index in [1.165, 1.54) is 48.2 Å². The molecule has 0 bridgehead atoms. The topological polar surface area (TPSA) is 99.5 Å². The van der Waals surface area contributed by atoms with Crippen molar-refractivity contribution in [2.75, 3.05) is 7.11 Å². The summed E-state index contributed by atoms with van der Waals surface area (Å²) in [6.07, 6.45) is 0. The number of carbonyl (C=O) groups is 1. The van der Waals surface area contributed by atoms with Gasteiger partial charge in [0.15, 0.2) is 5.69 Å². The smallest absolute Gasteiger partial charge is 0.387 e. The first-order valence-electron chi connectivity index (χ1n) is 9.97. The first kappa shape index (κ1) is 23.2. The molecule has 0 fully saturated rings. The fourth-order valence-electron chi connectivity index (χ4n) is 3.35. The number of aromatic nitrogens is 2. The molecule has 4 aromatic rings. The molecule has 0 aliphatic heterocycles. The first-order chi connectivity index (χ1) is 16.3. The Bertz CT molecular complexity index is 1420. The second-order valence-electron chi connectivity index (χ2n) is 7.16. The number of fused-ring (bicyclic) bond motifs is 1. The molecule has 4 rings (SSSR count). The lowest BCUT2D eigenvalue weighted by Gasteiger charge is -2.07.